The summed E-state index contributed by atoms with van der Waals surface area (Å²) in [4.78, 5) is 26.6. The van der Waals surface area contributed by atoms with Gasteiger partial charge in [0.15, 0.2) is 0 Å². The summed E-state index contributed by atoms with van der Waals surface area (Å²) < 4.78 is 12.4. The first-order valence-corrected chi connectivity index (χ1v) is 13.6. The van der Waals surface area contributed by atoms with Gasteiger partial charge in [-0.1, -0.05) is 66.2 Å². The van der Waals surface area contributed by atoms with Gasteiger partial charge in [0, 0.05) is 18.8 Å². The van der Waals surface area contributed by atoms with Crippen LogP contribution in [0.15, 0.2) is 72.8 Å². The van der Waals surface area contributed by atoms with Crippen LogP contribution in [0, 0.1) is 13.8 Å². The van der Waals surface area contributed by atoms with E-state index in [0.29, 0.717) is 30.8 Å². The molecule has 1 saturated carbocycles. The summed E-state index contributed by atoms with van der Waals surface area (Å²) in [5.41, 5.74) is 4.75. The number of amides is 2. The van der Waals surface area contributed by atoms with Crippen molar-refractivity contribution in [1.82, 2.24) is 4.90 Å². The lowest BCUT2D eigenvalue weighted by Crippen LogP contribution is -2.38. The van der Waals surface area contributed by atoms with Crippen LogP contribution in [0.4, 0.5) is 10.5 Å². The van der Waals surface area contributed by atoms with Crippen molar-refractivity contribution in [3.05, 3.63) is 101 Å². The quantitative estimate of drug-likeness (QED) is 0.292. The van der Waals surface area contributed by atoms with Crippen LogP contribution in [-0.4, -0.2) is 47.4 Å². The SMILES string of the molecule is Cc1ccc(CN(CCO[C@H]2CCCC(OCc3cccc(C)c3C(=O)O)C2)C(=O)Nc2ccccc2)cc1. The van der Waals surface area contributed by atoms with Gasteiger partial charge in [0.1, 0.15) is 0 Å². The second-order valence-electron chi connectivity index (χ2n) is 10.2. The smallest absolute Gasteiger partial charge is 0.336 e. The number of benzene rings is 3. The Labute approximate surface area is 230 Å². The number of urea groups is 1. The van der Waals surface area contributed by atoms with Crippen molar-refractivity contribution in [1.29, 1.82) is 0 Å². The zero-order valence-electron chi connectivity index (χ0n) is 22.8. The van der Waals surface area contributed by atoms with Crippen LogP contribution in [0.25, 0.3) is 0 Å². The van der Waals surface area contributed by atoms with E-state index >= 15 is 0 Å². The van der Waals surface area contributed by atoms with E-state index in [0.717, 1.165) is 42.5 Å². The summed E-state index contributed by atoms with van der Waals surface area (Å²) >= 11 is 0. The van der Waals surface area contributed by atoms with Gasteiger partial charge in [0.25, 0.3) is 0 Å². The molecule has 2 amide bonds. The topological polar surface area (TPSA) is 88.1 Å². The highest BCUT2D eigenvalue weighted by Crippen LogP contribution is 2.25. The molecule has 7 heteroatoms. The van der Waals surface area contributed by atoms with Gasteiger partial charge in [-0.05, 0) is 68.4 Å². The van der Waals surface area contributed by atoms with Crippen molar-refractivity contribution in [3.8, 4) is 0 Å². The summed E-state index contributed by atoms with van der Waals surface area (Å²) in [7, 11) is 0. The molecule has 0 aliphatic heterocycles. The average molecular weight is 531 g/mol. The molecule has 1 aliphatic rings. The fraction of sp³-hybridized carbons (Fsp3) is 0.375. The van der Waals surface area contributed by atoms with Crippen LogP contribution < -0.4 is 5.32 Å². The van der Waals surface area contributed by atoms with Gasteiger partial charge in [0.2, 0.25) is 0 Å². The molecular formula is C32H38N2O5. The highest BCUT2D eigenvalue weighted by Gasteiger charge is 2.25. The van der Waals surface area contributed by atoms with Crippen molar-refractivity contribution in [2.75, 3.05) is 18.5 Å². The van der Waals surface area contributed by atoms with Crippen LogP contribution in [-0.2, 0) is 22.6 Å². The van der Waals surface area contributed by atoms with E-state index < -0.39 is 5.97 Å². The van der Waals surface area contributed by atoms with Crippen molar-refractivity contribution < 1.29 is 24.2 Å². The van der Waals surface area contributed by atoms with Crippen molar-refractivity contribution in [3.63, 3.8) is 0 Å². The molecule has 3 aromatic rings. The first-order valence-electron chi connectivity index (χ1n) is 13.6. The average Bonchev–Trinajstić information content (AvgIpc) is 2.93. The Kier molecular flexibility index (Phi) is 10.1. The minimum Gasteiger partial charge on any atom is -0.478 e. The van der Waals surface area contributed by atoms with Crippen molar-refractivity contribution in [2.45, 2.75) is 64.9 Å². The van der Waals surface area contributed by atoms with Crippen molar-refractivity contribution >= 4 is 17.7 Å². The molecule has 7 nitrogen and oxygen atoms in total. The Morgan fingerprint density at radius 1 is 0.923 bits per heavy atom. The number of hydrogen-bond donors (Lipinski definition) is 2. The predicted octanol–water partition coefficient (Wildman–Crippen LogP) is 6.58. The van der Waals surface area contributed by atoms with Gasteiger partial charge in [-0.15, -0.1) is 0 Å². The maximum Gasteiger partial charge on any atom is 0.336 e. The number of para-hydroxylation sites is 1. The molecule has 3 aromatic carbocycles. The van der Waals surface area contributed by atoms with E-state index in [1.165, 1.54) is 5.56 Å². The summed E-state index contributed by atoms with van der Waals surface area (Å²) in [5, 5.41) is 12.6. The molecule has 1 unspecified atom stereocenters. The van der Waals surface area contributed by atoms with E-state index in [4.69, 9.17) is 9.47 Å². The lowest BCUT2D eigenvalue weighted by atomic mass is 9.94. The molecule has 0 radical (unpaired) electrons. The molecule has 1 aliphatic carbocycles. The molecule has 0 saturated heterocycles. The van der Waals surface area contributed by atoms with Gasteiger partial charge < -0.3 is 24.8 Å². The maximum atomic E-state index is 13.1. The van der Waals surface area contributed by atoms with Crippen LogP contribution in [0.5, 0.6) is 0 Å². The Hall–Kier alpha value is -3.68. The zero-order valence-corrected chi connectivity index (χ0v) is 22.8. The highest BCUT2D eigenvalue weighted by atomic mass is 16.5. The Morgan fingerprint density at radius 2 is 1.64 bits per heavy atom. The summed E-state index contributed by atoms with van der Waals surface area (Å²) in [6.45, 7) is 5.49. The molecule has 2 atom stereocenters. The van der Waals surface area contributed by atoms with E-state index in [-0.39, 0.29) is 24.8 Å². The number of ether oxygens (including phenoxy) is 2. The van der Waals surface area contributed by atoms with E-state index in [2.05, 4.69) is 17.4 Å². The number of rotatable bonds is 11. The lowest BCUT2D eigenvalue weighted by Gasteiger charge is -2.30. The summed E-state index contributed by atoms with van der Waals surface area (Å²) in [5.74, 6) is -0.928. The monoisotopic (exact) mass is 530 g/mol. The second kappa shape index (κ2) is 13.9. The van der Waals surface area contributed by atoms with Crippen molar-refractivity contribution in [2.24, 2.45) is 0 Å². The van der Waals surface area contributed by atoms with Crippen LogP contribution >= 0.6 is 0 Å². The minimum absolute atomic E-state index is 0.0101. The molecule has 0 spiro atoms. The van der Waals surface area contributed by atoms with E-state index in [9.17, 15) is 14.7 Å². The molecule has 0 aromatic heterocycles. The molecular weight excluding hydrogens is 492 g/mol. The van der Waals surface area contributed by atoms with E-state index in [1.807, 2.05) is 61.5 Å². The van der Waals surface area contributed by atoms with Crippen LogP contribution in [0.1, 0.15) is 58.3 Å². The van der Waals surface area contributed by atoms with E-state index in [1.54, 1.807) is 17.9 Å². The first-order chi connectivity index (χ1) is 18.9. The fourth-order valence-electron chi connectivity index (χ4n) is 4.99. The van der Waals surface area contributed by atoms with Crippen LogP contribution in [0.2, 0.25) is 0 Å². The lowest BCUT2D eigenvalue weighted by molar-refractivity contribution is -0.0524. The highest BCUT2D eigenvalue weighted by molar-refractivity contribution is 5.91. The normalized spacial score (nSPS) is 17.0. The number of nitrogens with one attached hydrogen (secondary N) is 1. The Bertz CT molecular complexity index is 1230. The fourth-order valence-corrected chi connectivity index (χ4v) is 4.99. The molecule has 0 bridgehead atoms. The number of carbonyl (C=O) groups is 2. The van der Waals surface area contributed by atoms with Gasteiger partial charge >= 0.3 is 12.0 Å². The number of carbonyl (C=O) groups excluding carboxylic acids is 1. The number of aromatic carboxylic acids is 1. The third kappa shape index (κ3) is 8.40. The molecule has 39 heavy (non-hydrogen) atoms. The summed E-state index contributed by atoms with van der Waals surface area (Å²) in [6.07, 6.45) is 3.65. The largest absolute Gasteiger partial charge is 0.478 e. The molecule has 206 valence electrons. The maximum absolute atomic E-state index is 13.1. The molecule has 4 rings (SSSR count). The van der Waals surface area contributed by atoms with Gasteiger partial charge in [-0.3, -0.25) is 0 Å². The predicted molar refractivity (Wildman–Crippen MR) is 152 cm³/mol. The van der Waals surface area contributed by atoms with Gasteiger partial charge in [-0.25, -0.2) is 9.59 Å². The second-order valence-corrected chi connectivity index (χ2v) is 10.2. The van der Waals surface area contributed by atoms with Crippen LogP contribution in [0.3, 0.4) is 0 Å². The summed E-state index contributed by atoms with van der Waals surface area (Å²) in [6, 6.07) is 23.0. The Morgan fingerprint density at radius 3 is 2.36 bits per heavy atom. The van der Waals surface area contributed by atoms with Gasteiger partial charge in [-0.2, -0.15) is 0 Å². The molecule has 0 heterocycles. The third-order valence-corrected chi connectivity index (χ3v) is 7.15. The number of aryl methyl sites for hydroxylation is 2. The molecule has 2 N–H and O–H groups in total. The third-order valence-electron chi connectivity index (χ3n) is 7.15. The molecule has 1 fully saturated rings. The number of nitrogens with zero attached hydrogens (tertiary/aromatic N) is 1. The zero-order chi connectivity index (χ0) is 27.6. The number of anilines is 1. The minimum atomic E-state index is -0.928. The first kappa shape index (κ1) is 28.3. The Balaban J connectivity index is 1.31. The number of carboxylic acid groups (broad SMARTS) is 1. The van der Waals surface area contributed by atoms with Gasteiger partial charge in [0.05, 0.1) is 31.0 Å². The number of carboxylic acids is 1. The number of hydrogen-bond acceptors (Lipinski definition) is 4. The standard InChI is InChI=1S/C32H38N2O5/c1-23-14-16-25(17-15-23)21-34(32(37)33-27-10-4-3-5-11-27)18-19-38-28-12-7-13-29(20-28)39-22-26-9-6-8-24(2)30(26)31(35)36/h3-6,8-11,14-17,28-29H,7,12-13,18-22H2,1-2H3,(H,33,37)(H,35,36)/t28-,29?/m0/s1.